The molecule has 0 N–H and O–H groups in total. The van der Waals surface area contributed by atoms with Crippen LogP contribution in [0.5, 0.6) is 0 Å². The van der Waals surface area contributed by atoms with Crippen LogP contribution < -0.4 is 10.4 Å². The molecule has 126 valence electrons. The third-order valence-corrected chi connectivity index (χ3v) is 7.81. The second kappa shape index (κ2) is 8.49. The van der Waals surface area contributed by atoms with Gasteiger partial charge in [0.2, 0.25) is 0 Å². The van der Waals surface area contributed by atoms with Gasteiger partial charge < -0.3 is 0 Å². The first kappa shape index (κ1) is 20.2. The zero-order chi connectivity index (χ0) is 17.9. The van der Waals surface area contributed by atoms with Gasteiger partial charge in [0.25, 0.3) is 0 Å². The number of fused-ring (bicyclic) bond motifs is 1. The summed E-state index contributed by atoms with van der Waals surface area (Å²) in [4.78, 5) is 0. The summed E-state index contributed by atoms with van der Waals surface area (Å²) in [5.41, 5.74) is 2.74. The second-order valence-corrected chi connectivity index (χ2v) is 18.7. The standard InChI is InChI=1S/C19H21Si.3ClH.Ti/c1-14-11-15(2)13-17(12-14)20(3,4)19-10-9-16-7-5-6-8-18(16)19;;;;/h5-13H,1-4H3;3*1H;/q-1;;;;+4/p-3. The molecule has 24 heavy (non-hydrogen) atoms. The average molecular weight is 432 g/mol. The predicted molar refractivity (Wildman–Crippen MR) is 110 cm³/mol. The molecule has 0 aromatic heterocycles. The van der Waals surface area contributed by atoms with Crippen LogP contribution in [0.4, 0.5) is 0 Å². The van der Waals surface area contributed by atoms with Crippen LogP contribution in [-0.4, -0.2) is 8.07 Å². The van der Waals surface area contributed by atoms with E-state index in [4.69, 9.17) is 27.9 Å². The molecule has 0 aliphatic rings. The summed E-state index contributed by atoms with van der Waals surface area (Å²) in [6.07, 6.45) is 0. The summed E-state index contributed by atoms with van der Waals surface area (Å²) in [6, 6.07) is 20.4. The van der Waals surface area contributed by atoms with Crippen molar-refractivity contribution >= 4 is 57.1 Å². The Hall–Kier alpha value is -0.149. The molecular weight excluding hydrogens is 411 g/mol. The first-order valence-corrected chi connectivity index (χ1v) is 17.2. The van der Waals surface area contributed by atoms with Crippen molar-refractivity contribution in [2.45, 2.75) is 26.9 Å². The summed E-state index contributed by atoms with van der Waals surface area (Å²) in [7, 11) is 13.3. The fourth-order valence-corrected chi connectivity index (χ4v) is 6.08. The number of hydrogen-bond donors (Lipinski definition) is 0. The van der Waals surface area contributed by atoms with Crippen LogP contribution in [0.25, 0.3) is 10.8 Å². The maximum absolute atomic E-state index is 4.97. The Kier molecular flexibility index (Phi) is 7.13. The molecule has 0 fully saturated rings. The van der Waals surface area contributed by atoms with Gasteiger partial charge in [0, 0.05) is 0 Å². The van der Waals surface area contributed by atoms with E-state index in [2.05, 4.69) is 81.5 Å². The molecule has 0 amide bonds. The molecule has 0 unspecified atom stereocenters. The third kappa shape index (κ3) is 4.94. The van der Waals surface area contributed by atoms with Crippen molar-refractivity contribution in [1.29, 1.82) is 0 Å². The first-order valence-electron chi connectivity index (χ1n) is 7.79. The molecule has 0 saturated heterocycles. The molecule has 3 rings (SSSR count). The van der Waals surface area contributed by atoms with E-state index >= 15 is 0 Å². The van der Waals surface area contributed by atoms with Gasteiger partial charge in [0.15, 0.2) is 0 Å². The molecule has 3 aromatic carbocycles. The van der Waals surface area contributed by atoms with E-state index in [1.54, 1.807) is 5.19 Å². The fraction of sp³-hybridized carbons (Fsp3) is 0.211. The normalized spacial score (nSPS) is 11.1. The Bertz CT molecular complexity index is 801. The quantitative estimate of drug-likeness (QED) is 0.341. The van der Waals surface area contributed by atoms with Crippen LogP contribution in [0.1, 0.15) is 11.1 Å². The SMILES string of the molecule is Cc1cc(C)cc([Si](C)(C)[c-]2ccc3ccccc32)c1.[Cl][Ti+]([Cl])[Cl]. The molecule has 0 heterocycles. The van der Waals surface area contributed by atoms with Crippen molar-refractivity contribution in [2.75, 3.05) is 0 Å². The van der Waals surface area contributed by atoms with Crippen LogP contribution in [0.3, 0.4) is 0 Å². The molecule has 0 saturated carbocycles. The van der Waals surface area contributed by atoms with E-state index in [9.17, 15) is 0 Å². The molecule has 0 bridgehead atoms. The van der Waals surface area contributed by atoms with Gasteiger partial charge >= 0.3 is 42.6 Å². The molecule has 0 aliphatic heterocycles. The number of halogens is 3. The minimum absolute atomic E-state index is 1.37. The number of aryl methyl sites for hydroxylation is 2. The Morgan fingerprint density at radius 3 is 2.00 bits per heavy atom. The maximum atomic E-state index is 4.97. The molecule has 0 spiro atoms. The fourth-order valence-electron chi connectivity index (χ4n) is 3.19. The van der Waals surface area contributed by atoms with Crippen molar-refractivity contribution in [1.82, 2.24) is 0 Å². The molecule has 0 atom stereocenters. The second-order valence-electron chi connectivity index (χ2n) is 6.55. The van der Waals surface area contributed by atoms with Gasteiger partial charge in [-0.25, -0.2) is 0 Å². The van der Waals surface area contributed by atoms with Crippen LogP contribution >= 0.6 is 27.9 Å². The number of benzene rings is 2. The van der Waals surface area contributed by atoms with Gasteiger partial charge in [-0.3, -0.25) is 0 Å². The molecule has 5 heteroatoms. The van der Waals surface area contributed by atoms with Crippen molar-refractivity contribution in [2.24, 2.45) is 0 Å². The Balaban J connectivity index is 0.000000471. The van der Waals surface area contributed by atoms with Crippen molar-refractivity contribution in [3.8, 4) is 0 Å². The van der Waals surface area contributed by atoms with E-state index in [1.165, 1.54) is 27.1 Å². The molecular formula is C19H21Cl3SiTi. The van der Waals surface area contributed by atoms with E-state index < -0.39 is 22.8 Å². The predicted octanol–water partition coefficient (Wildman–Crippen LogP) is 6.06. The molecule has 0 aliphatic carbocycles. The summed E-state index contributed by atoms with van der Waals surface area (Å²) in [6.45, 7) is 9.32. The van der Waals surface area contributed by atoms with Gasteiger partial charge in [-0.1, -0.05) is 53.7 Å². The monoisotopic (exact) mass is 430 g/mol. The minimum atomic E-state index is -1.92. The van der Waals surface area contributed by atoms with Gasteiger partial charge in [-0.15, -0.1) is 34.2 Å². The topological polar surface area (TPSA) is 0 Å². The molecule has 3 aromatic rings. The van der Waals surface area contributed by atoms with Gasteiger partial charge in [0.05, 0.1) is 8.07 Å². The van der Waals surface area contributed by atoms with E-state index in [0.29, 0.717) is 0 Å². The summed E-state index contributed by atoms with van der Waals surface area (Å²) in [5.74, 6) is 0. The number of hydrogen-bond acceptors (Lipinski definition) is 0. The van der Waals surface area contributed by atoms with Crippen LogP contribution in [0.15, 0.2) is 54.6 Å². The van der Waals surface area contributed by atoms with Gasteiger partial charge in [0.1, 0.15) is 0 Å². The van der Waals surface area contributed by atoms with E-state index in [0.717, 1.165) is 0 Å². The van der Waals surface area contributed by atoms with E-state index in [1.807, 2.05) is 0 Å². The van der Waals surface area contributed by atoms with Crippen molar-refractivity contribution in [3.63, 3.8) is 0 Å². The third-order valence-electron chi connectivity index (χ3n) is 4.30. The summed E-state index contributed by atoms with van der Waals surface area (Å²) in [5, 5.41) is 5.89. The molecule has 0 nitrogen and oxygen atoms in total. The van der Waals surface area contributed by atoms with Crippen LogP contribution in [0, 0.1) is 13.8 Å². The van der Waals surface area contributed by atoms with Gasteiger partial charge in [-0.05, 0) is 13.8 Å². The van der Waals surface area contributed by atoms with Crippen LogP contribution in [-0.2, 0) is 14.7 Å². The van der Waals surface area contributed by atoms with E-state index in [-0.39, 0.29) is 0 Å². The zero-order valence-electron chi connectivity index (χ0n) is 14.3. The average Bonchev–Trinajstić information content (AvgIpc) is 2.90. The van der Waals surface area contributed by atoms with Crippen molar-refractivity contribution < 1.29 is 14.7 Å². The summed E-state index contributed by atoms with van der Waals surface area (Å²) < 4.78 is 0. The Labute approximate surface area is 163 Å². The zero-order valence-corrected chi connectivity index (χ0v) is 19.2. The Morgan fingerprint density at radius 1 is 0.875 bits per heavy atom. The van der Waals surface area contributed by atoms with Crippen LogP contribution in [0.2, 0.25) is 13.1 Å². The summed E-state index contributed by atoms with van der Waals surface area (Å²) >= 11 is -1.92. The Morgan fingerprint density at radius 2 is 1.42 bits per heavy atom. The first-order chi connectivity index (χ1) is 11.2. The van der Waals surface area contributed by atoms with Gasteiger partial charge in [-0.2, -0.15) is 12.1 Å². The number of rotatable bonds is 2. The van der Waals surface area contributed by atoms with Crippen molar-refractivity contribution in [3.05, 3.63) is 65.7 Å². The molecule has 0 radical (unpaired) electrons.